The Kier molecular flexibility index (Phi) is 5.76. The van der Waals surface area contributed by atoms with Crippen LogP contribution in [0.3, 0.4) is 0 Å². The lowest BCUT2D eigenvalue weighted by molar-refractivity contribution is -0.118. The first kappa shape index (κ1) is 17.7. The first-order valence-electron chi connectivity index (χ1n) is 7.06. The highest BCUT2D eigenvalue weighted by atomic mass is 35.5. The molecule has 5 nitrogen and oxygen atoms in total. The largest absolute Gasteiger partial charge is 0.484 e. The van der Waals surface area contributed by atoms with Crippen molar-refractivity contribution in [2.24, 2.45) is 0 Å². The Bertz CT molecular complexity index is 748. The van der Waals surface area contributed by atoms with E-state index in [0.29, 0.717) is 17.0 Å². The van der Waals surface area contributed by atoms with E-state index in [2.05, 4.69) is 5.32 Å². The molecular formula is C17H16ClFN2O3. The van der Waals surface area contributed by atoms with Crippen molar-refractivity contribution < 1.29 is 18.7 Å². The number of benzene rings is 2. The van der Waals surface area contributed by atoms with E-state index in [-0.39, 0.29) is 23.4 Å². The molecule has 0 aromatic heterocycles. The quantitative estimate of drug-likeness (QED) is 0.900. The van der Waals surface area contributed by atoms with E-state index in [0.717, 1.165) is 6.07 Å². The van der Waals surface area contributed by atoms with Crippen molar-refractivity contribution in [1.29, 1.82) is 0 Å². The Morgan fingerprint density at radius 1 is 1.17 bits per heavy atom. The van der Waals surface area contributed by atoms with Crippen LogP contribution in [0, 0.1) is 5.82 Å². The maximum atomic E-state index is 13.0. The van der Waals surface area contributed by atoms with Gasteiger partial charge in [0.2, 0.25) is 0 Å². The fraction of sp³-hybridized carbons (Fsp3) is 0.176. The van der Waals surface area contributed by atoms with Gasteiger partial charge in [0.1, 0.15) is 11.6 Å². The van der Waals surface area contributed by atoms with Crippen LogP contribution in [0.5, 0.6) is 5.75 Å². The van der Waals surface area contributed by atoms with Gasteiger partial charge in [-0.2, -0.15) is 0 Å². The van der Waals surface area contributed by atoms with Gasteiger partial charge in [0.15, 0.2) is 6.61 Å². The standard InChI is InChI=1S/C17H16ClFN2O3/c1-21(2)17(23)11-3-5-12(6-4-11)20-16(22)10-24-13-7-8-15(19)14(18)9-13/h3-9H,10H2,1-2H3,(H,20,22). The van der Waals surface area contributed by atoms with Crippen LogP contribution in [-0.4, -0.2) is 37.4 Å². The molecule has 2 amide bonds. The van der Waals surface area contributed by atoms with Gasteiger partial charge >= 0.3 is 0 Å². The molecule has 0 fully saturated rings. The summed E-state index contributed by atoms with van der Waals surface area (Å²) in [6.45, 7) is -0.250. The molecule has 0 spiro atoms. The number of anilines is 1. The van der Waals surface area contributed by atoms with Crippen molar-refractivity contribution in [3.8, 4) is 5.75 Å². The van der Waals surface area contributed by atoms with Gasteiger partial charge in [-0.25, -0.2) is 4.39 Å². The molecule has 0 bridgehead atoms. The molecule has 2 aromatic rings. The maximum Gasteiger partial charge on any atom is 0.262 e. The zero-order chi connectivity index (χ0) is 17.7. The second kappa shape index (κ2) is 7.79. The Morgan fingerprint density at radius 2 is 1.83 bits per heavy atom. The second-order valence-electron chi connectivity index (χ2n) is 5.19. The van der Waals surface area contributed by atoms with Crippen LogP contribution in [-0.2, 0) is 4.79 Å². The number of carbonyl (C=O) groups excluding carboxylic acids is 2. The molecule has 0 aliphatic rings. The molecular weight excluding hydrogens is 335 g/mol. The third-order valence-electron chi connectivity index (χ3n) is 3.08. The Hall–Kier alpha value is -2.60. The van der Waals surface area contributed by atoms with E-state index in [1.165, 1.54) is 17.0 Å². The average Bonchev–Trinajstić information content (AvgIpc) is 2.56. The molecule has 2 aromatic carbocycles. The van der Waals surface area contributed by atoms with Crippen LogP contribution < -0.4 is 10.1 Å². The minimum atomic E-state index is -0.555. The van der Waals surface area contributed by atoms with E-state index in [1.54, 1.807) is 38.4 Å². The SMILES string of the molecule is CN(C)C(=O)c1ccc(NC(=O)COc2ccc(F)c(Cl)c2)cc1. The van der Waals surface area contributed by atoms with Gasteiger partial charge in [-0.15, -0.1) is 0 Å². The molecule has 0 heterocycles. The van der Waals surface area contributed by atoms with Crippen LogP contribution in [0.25, 0.3) is 0 Å². The number of hydrogen-bond acceptors (Lipinski definition) is 3. The second-order valence-corrected chi connectivity index (χ2v) is 5.60. The van der Waals surface area contributed by atoms with Gasteiger partial charge in [0.05, 0.1) is 5.02 Å². The summed E-state index contributed by atoms with van der Waals surface area (Å²) in [6, 6.07) is 10.3. The number of hydrogen-bond donors (Lipinski definition) is 1. The summed E-state index contributed by atoms with van der Waals surface area (Å²) in [5.74, 6) is -0.768. The Labute approximate surface area is 144 Å². The summed E-state index contributed by atoms with van der Waals surface area (Å²) in [4.78, 5) is 25.1. The number of nitrogens with zero attached hydrogens (tertiary/aromatic N) is 1. The molecule has 0 unspecified atom stereocenters. The summed E-state index contributed by atoms with van der Waals surface area (Å²) in [7, 11) is 3.33. The molecule has 0 aliphatic carbocycles. The van der Waals surface area contributed by atoms with E-state index < -0.39 is 5.82 Å². The van der Waals surface area contributed by atoms with E-state index >= 15 is 0 Å². The summed E-state index contributed by atoms with van der Waals surface area (Å²) < 4.78 is 18.3. The molecule has 0 aliphatic heterocycles. The predicted molar refractivity (Wildman–Crippen MR) is 90.0 cm³/mol. The van der Waals surface area contributed by atoms with Crippen molar-refractivity contribution in [3.05, 3.63) is 58.9 Å². The van der Waals surface area contributed by atoms with Gasteiger partial charge in [-0.05, 0) is 36.4 Å². The van der Waals surface area contributed by atoms with Gasteiger partial charge in [-0.3, -0.25) is 9.59 Å². The molecule has 24 heavy (non-hydrogen) atoms. The molecule has 2 rings (SSSR count). The topological polar surface area (TPSA) is 58.6 Å². The number of amides is 2. The number of carbonyl (C=O) groups is 2. The molecule has 126 valence electrons. The van der Waals surface area contributed by atoms with Crippen LogP contribution >= 0.6 is 11.6 Å². The third-order valence-corrected chi connectivity index (χ3v) is 3.37. The van der Waals surface area contributed by atoms with Gasteiger partial charge < -0.3 is 15.0 Å². The molecule has 0 saturated carbocycles. The number of ether oxygens (including phenoxy) is 1. The highest BCUT2D eigenvalue weighted by Crippen LogP contribution is 2.21. The first-order chi connectivity index (χ1) is 11.4. The fourth-order valence-electron chi connectivity index (χ4n) is 1.87. The van der Waals surface area contributed by atoms with Gasteiger partial charge in [0.25, 0.3) is 11.8 Å². The predicted octanol–water partition coefficient (Wildman–Crippen LogP) is 3.20. The minimum Gasteiger partial charge on any atom is -0.484 e. The molecule has 1 N–H and O–H groups in total. The highest BCUT2D eigenvalue weighted by molar-refractivity contribution is 6.30. The minimum absolute atomic E-state index is 0.0749. The third kappa shape index (κ3) is 4.70. The maximum absolute atomic E-state index is 13.0. The summed E-state index contributed by atoms with van der Waals surface area (Å²) in [5.41, 5.74) is 1.06. The zero-order valence-electron chi connectivity index (χ0n) is 13.2. The number of rotatable bonds is 5. The van der Waals surface area contributed by atoms with Crippen LogP contribution in [0.2, 0.25) is 5.02 Å². The average molecular weight is 351 g/mol. The van der Waals surface area contributed by atoms with Crippen molar-refractivity contribution in [3.63, 3.8) is 0 Å². The lowest BCUT2D eigenvalue weighted by Crippen LogP contribution is -2.22. The van der Waals surface area contributed by atoms with E-state index in [4.69, 9.17) is 16.3 Å². The zero-order valence-corrected chi connectivity index (χ0v) is 13.9. The molecule has 0 saturated heterocycles. The lowest BCUT2D eigenvalue weighted by Gasteiger charge is -2.11. The van der Waals surface area contributed by atoms with E-state index in [1.807, 2.05) is 0 Å². The fourth-order valence-corrected chi connectivity index (χ4v) is 2.04. The van der Waals surface area contributed by atoms with Crippen molar-refractivity contribution >= 4 is 29.1 Å². The summed E-state index contributed by atoms with van der Waals surface area (Å²) >= 11 is 5.63. The molecule has 0 radical (unpaired) electrons. The number of nitrogens with one attached hydrogen (secondary N) is 1. The first-order valence-corrected chi connectivity index (χ1v) is 7.44. The van der Waals surface area contributed by atoms with Crippen molar-refractivity contribution in [2.45, 2.75) is 0 Å². The Balaban J connectivity index is 1.90. The Morgan fingerprint density at radius 3 is 2.42 bits per heavy atom. The van der Waals surface area contributed by atoms with Gasteiger partial charge in [0, 0.05) is 31.4 Å². The van der Waals surface area contributed by atoms with Crippen molar-refractivity contribution in [2.75, 3.05) is 26.0 Å². The molecule has 0 atom stereocenters. The monoisotopic (exact) mass is 350 g/mol. The van der Waals surface area contributed by atoms with Crippen LogP contribution in [0.1, 0.15) is 10.4 Å². The summed E-state index contributed by atoms with van der Waals surface area (Å²) in [5, 5.41) is 2.56. The normalized spacial score (nSPS) is 10.2. The van der Waals surface area contributed by atoms with Crippen molar-refractivity contribution in [1.82, 2.24) is 4.90 Å². The van der Waals surface area contributed by atoms with E-state index in [9.17, 15) is 14.0 Å². The van der Waals surface area contributed by atoms with Crippen LogP contribution in [0.4, 0.5) is 10.1 Å². The summed E-state index contributed by atoms with van der Waals surface area (Å²) in [6.07, 6.45) is 0. The molecule has 7 heteroatoms. The smallest absolute Gasteiger partial charge is 0.262 e. The number of halogens is 2. The lowest BCUT2D eigenvalue weighted by atomic mass is 10.2. The highest BCUT2D eigenvalue weighted by Gasteiger charge is 2.09. The van der Waals surface area contributed by atoms with Crippen LogP contribution in [0.15, 0.2) is 42.5 Å². The van der Waals surface area contributed by atoms with Gasteiger partial charge in [-0.1, -0.05) is 11.6 Å².